The van der Waals surface area contributed by atoms with E-state index in [9.17, 15) is 10.1 Å². The third-order valence-electron chi connectivity index (χ3n) is 2.99. The molecule has 0 bridgehead atoms. The van der Waals surface area contributed by atoms with Crippen LogP contribution in [0.5, 0.6) is 11.5 Å². The largest absolute Gasteiger partial charge is 0.453 e. The van der Waals surface area contributed by atoms with E-state index in [1.54, 1.807) is 0 Å². The van der Waals surface area contributed by atoms with Gasteiger partial charge >= 0.3 is 0 Å². The Morgan fingerprint density at radius 3 is 3.06 bits per heavy atom. The van der Waals surface area contributed by atoms with Gasteiger partial charge in [-0.25, -0.2) is 0 Å². The smallest absolute Gasteiger partial charge is 0.296 e. The summed E-state index contributed by atoms with van der Waals surface area (Å²) in [6.07, 6.45) is 0.763. The van der Waals surface area contributed by atoms with Crippen molar-refractivity contribution in [2.75, 3.05) is 25.3 Å². The minimum atomic E-state index is -0.372. The van der Waals surface area contributed by atoms with Gasteiger partial charge in [-0.05, 0) is 6.42 Å². The molecule has 6 heteroatoms. The van der Waals surface area contributed by atoms with Crippen LogP contribution in [0.3, 0.4) is 0 Å². The summed E-state index contributed by atoms with van der Waals surface area (Å²) in [7, 11) is 1.85. The summed E-state index contributed by atoms with van der Waals surface area (Å²) in [4.78, 5) is 12.5. The maximum atomic E-state index is 11.0. The molecule has 0 aliphatic carbocycles. The van der Waals surface area contributed by atoms with Crippen molar-refractivity contribution in [3.63, 3.8) is 0 Å². The summed E-state index contributed by atoms with van der Waals surface area (Å²) in [5.41, 5.74) is 1.65. The van der Waals surface area contributed by atoms with Gasteiger partial charge < -0.3 is 14.4 Å². The summed E-state index contributed by atoms with van der Waals surface area (Å²) in [6, 6.07) is 1.45. The van der Waals surface area contributed by atoms with Crippen LogP contribution in [0.1, 0.15) is 5.56 Å². The second kappa shape index (κ2) is 3.01. The minimum absolute atomic E-state index is 0.0965. The first-order valence-electron chi connectivity index (χ1n) is 4.99. The first kappa shape index (κ1) is 9.26. The Hall–Kier alpha value is -1.98. The van der Waals surface area contributed by atoms with Crippen molar-refractivity contribution >= 4 is 11.4 Å². The highest BCUT2D eigenvalue weighted by Crippen LogP contribution is 2.48. The monoisotopic (exact) mass is 222 g/mol. The predicted molar refractivity (Wildman–Crippen MR) is 56.2 cm³/mol. The molecule has 2 aliphatic rings. The van der Waals surface area contributed by atoms with E-state index >= 15 is 0 Å². The maximum absolute atomic E-state index is 11.0. The number of nitrogens with zero attached hydrogens (tertiary/aromatic N) is 2. The van der Waals surface area contributed by atoms with Crippen LogP contribution >= 0.6 is 0 Å². The summed E-state index contributed by atoms with van der Waals surface area (Å²) >= 11 is 0. The molecule has 0 aromatic heterocycles. The van der Waals surface area contributed by atoms with Gasteiger partial charge in [-0.3, -0.25) is 10.1 Å². The zero-order chi connectivity index (χ0) is 11.3. The Balaban J connectivity index is 2.28. The second-order valence-corrected chi connectivity index (χ2v) is 3.89. The fourth-order valence-corrected chi connectivity index (χ4v) is 2.27. The van der Waals surface area contributed by atoms with Crippen molar-refractivity contribution in [3.8, 4) is 11.5 Å². The maximum Gasteiger partial charge on any atom is 0.296 e. The number of fused-ring (bicyclic) bond motifs is 3. The molecular formula is C10H10N2O4. The Labute approximate surface area is 91.5 Å². The van der Waals surface area contributed by atoms with Gasteiger partial charge in [-0.15, -0.1) is 0 Å². The Morgan fingerprint density at radius 2 is 2.31 bits per heavy atom. The van der Waals surface area contributed by atoms with Gasteiger partial charge in [-0.1, -0.05) is 0 Å². The third-order valence-corrected chi connectivity index (χ3v) is 2.99. The summed E-state index contributed by atoms with van der Waals surface area (Å²) < 4.78 is 10.6. The lowest BCUT2D eigenvalue weighted by Gasteiger charge is -2.12. The van der Waals surface area contributed by atoms with Crippen LogP contribution in [-0.4, -0.2) is 25.3 Å². The highest BCUT2D eigenvalue weighted by molar-refractivity contribution is 5.77. The van der Waals surface area contributed by atoms with Crippen LogP contribution < -0.4 is 14.4 Å². The second-order valence-electron chi connectivity index (χ2n) is 3.89. The van der Waals surface area contributed by atoms with Gasteiger partial charge in [0.15, 0.2) is 11.5 Å². The van der Waals surface area contributed by atoms with Gasteiger partial charge in [0.1, 0.15) is 5.69 Å². The zero-order valence-electron chi connectivity index (χ0n) is 8.73. The summed E-state index contributed by atoms with van der Waals surface area (Å²) in [6.45, 7) is 0.919. The van der Waals surface area contributed by atoms with Gasteiger partial charge in [0.05, 0.1) is 11.0 Å². The zero-order valence-corrected chi connectivity index (χ0v) is 8.73. The molecule has 6 nitrogen and oxygen atoms in total. The Morgan fingerprint density at radius 1 is 1.50 bits per heavy atom. The quantitative estimate of drug-likeness (QED) is 0.529. The lowest BCUT2D eigenvalue weighted by atomic mass is 10.1. The molecule has 0 N–H and O–H groups in total. The molecule has 0 saturated carbocycles. The van der Waals surface area contributed by atoms with Gasteiger partial charge in [0.25, 0.3) is 5.69 Å². The van der Waals surface area contributed by atoms with Gasteiger partial charge in [-0.2, -0.15) is 0 Å². The fraction of sp³-hybridized carbons (Fsp3) is 0.400. The number of benzene rings is 1. The molecule has 84 valence electrons. The molecule has 0 fully saturated rings. The molecule has 0 spiro atoms. The molecule has 0 radical (unpaired) electrons. The first-order chi connectivity index (χ1) is 7.68. The lowest BCUT2D eigenvalue weighted by Crippen LogP contribution is -2.13. The van der Waals surface area contributed by atoms with E-state index in [-0.39, 0.29) is 17.4 Å². The van der Waals surface area contributed by atoms with Crippen molar-refractivity contribution in [1.29, 1.82) is 0 Å². The highest BCUT2D eigenvalue weighted by Gasteiger charge is 2.34. The van der Waals surface area contributed by atoms with Gasteiger partial charge in [0, 0.05) is 19.2 Å². The number of likely N-dealkylation sites (N-methyl/N-ethyl adjacent to an activating group) is 1. The Bertz CT molecular complexity index is 486. The molecule has 16 heavy (non-hydrogen) atoms. The standard InChI is InChI=1S/C10H10N2O4/c1-11-3-2-6-9(11)7(12(13)14)4-8-10(6)16-5-15-8/h4H,2-3,5H2,1H3. The van der Waals surface area contributed by atoms with E-state index in [1.807, 2.05) is 11.9 Å². The molecule has 3 rings (SSSR count). The average Bonchev–Trinajstić information content (AvgIpc) is 2.83. The number of nitro benzene ring substituents is 1. The first-order valence-corrected chi connectivity index (χ1v) is 4.99. The molecule has 0 atom stereocenters. The number of anilines is 1. The molecular weight excluding hydrogens is 212 g/mol. The van der Waals surface area contributed by atoms with E-state index in [1.165, 1.54) is 6.07 Å². The number of nitro groups is 1. The van der Waals surface area contributed by atoms with Crippen molar-refractivity contribution in [2.45, 2.75) is 6.42 Å². The van der Waals surface area contributed by atoms with Crippen molar-refractivity contribution in [1.82, 2.24) is 0 Å². The molecule has 2 aliphatic heterocycles. The molecule has 1 aromatic carbocycles. The predicted octanol–water partition coefficient (Wildman–Crippen LogP) is 1.32. The Kier molecular flexibility index (Phi) is 1.74. The van der Waals surface area contributed by atoms with E-state index in [0.29, 0.717) is 17.2 Å². The molecule has 2 heterocycles. The summed E-state index contributed by atoms with van der Waals surface area (Å²) in [5.74, 6) is 1.16. The average molecular weight is 222 g/mol. The summed E-state index contributed by atoms with van der Waals surface area (Å²) in [5, 5.41) is 11.0. The van der Waals surface area contributed by atoms with Crippen LogP contribution in [0.2, 0.25) is 0 Å². The molecule has 1 aromatic rings. The van der Waals surface area contributed by atoms with Crippen LogP contribution in [0.25, 0.3) is 0 Å². The van der Waals surface area contributed by atoms with Crippen molar-refractivity contribution < 1.29 is 14.4 Å². The molecule has 0 amide bonds. The highest BCUT2D eigenvalue weighted by atomic mass is 16.7. The minimum Gasteiger partial charge on any atom is -0.453 e. The number of hydrogen-bond acceptors (Lipinski definition) is 5. The number of hydrogen-bond donors (Lipinski definition) is 0. The molecule has 0 unspecified atom stereocenters. The SMILES string of the molecule is CN1CCc2c3c(cc([N+](=O)[O-])c21)OCO3. The lowest BCUT2D eigenvalue weighted by molar-refractivity contribution is -0.384. The van der Waals surface area contributed by atoms with Crippen LogP contribution in [0.4, 0.5) is 11.4 Å². The van der Waals surface area contributed by atoms with Crippen molar-refractivity contribution in [3.05, 3.63) is 21.7 Å². The van der Waals surface area contributed by atoms with E-state index in [0.717, 1.165) is 18.5 Å². The fourth-order valence-electron chi connectivity index (χ4n) is 2.27. The number of rotatable bonds is 1. The normalized spacial score (nSPS) is 16.4. The third kappa shape index (κ3) is 1.07. The van der Waals surface area contributed by atoms with E-state index in [2.05, 4.69) is 0 Å². The van der Waals surface area contributed by atoms with Crippen LogP contribution in [-0.2, 0) is 6.42 Å². The van der Waals surface area contributed by atoms with E-state index in [4.69, 9.17) is 9.47 Å². The molecule has 0 saturated heterocycles. The van der Waals surface area contributed by atoms with Crippen molar-refractivity contribution in [2.24, 2.45) is 0 Å². The topological polar surface area (TPSA) is 64.8 Å². The van der Waals surface area contributed by atoms with Gasteiger partial charge in [0.2, 0.25) is 6.79 Å². The number of ether oxygens (including phenoxy) is 2. The van der Waals surface area contributed by atoms with E-state index < -0.39 is 0 Å². The van der Waals surface area contributed by atoms with Crippen LogP contribution in [0, 0.1) is 10.1 Å². The van der Waals surface area contributed by atoms with Crippen LogP contribution in [0.15, 0.2) is 6.07 Å².